The number of nitrogens with zero attached hydrogens (tertiary/aromatic N) is 4. The molecule has 0 spiro atoms. The van der Waals surface area contributed by atoms with Crippen LogP contribution in [-0.2, 0) is 28.7 Å². The summed E-state index contributed by atoms with van der Waals surface area (Å²) < 4.78 is 40.9. The highest BCUT2D eigenvalue weighted by molar-refractivity contribution is 6.33. The molecule has 4 amide bonds. The van der Waals surface area contributed by atoms with Crippen LogP contribution in [0.3, 0.4) is 0 Å². The fraction of sp³-hybridized carbons (Fsp3) is 0.448. The summed E-state index contributed by atoms with van der Waals surface area (Å²) in [7, 11) is 1.35. The molecule has 0 saturated carbocycles. The maximum atomic E-state index is 13.6. The first-order valence-corrected chi connectivity index (χ1v) is 15.1. The number of hydrogen-bond donors (Lipinski definition) is 5. The number of halogens is 4. The minimum atomic E-state index is -4.83. The van der Waals surface area contributed by atoms with Gasteiger partial charge in [0.25, 0.3) is 11.8 Å². The van der Waals surface area contributed by atoms with Gasteiger partial charge >= 0.3 is 6.18 Å². The Balaban J connectivity index is 1.18. The van der Waals surface area contributed by atoms with E-state index in [1.54, 1.807) is 23.1 Å². The van der Waals surface area contributed by atoms with Crippen LogP contribution in [0.4, 0.5) is 13.2 Å². The summed E-state index contributed by atoms with van der Waals surface area (Å²) in [6.45, 7) is 3.35. The van der Waals surface area contributed by atoms with Crippen molar-refractivity contribution in [3.8, 4) is 11.3 Å². The molecule has 0 unspecified atom stereocenters. The molecule has 46 heavy (non-hydrogen) atoms. The number of rotatable bonds is 8. The Kier molecular flexibility index (Phi) is 9.96. The number of aromatic nitrogens is 4. The number of benzene rings is 1. The summed E-state index contributed by atoms with van der Waals surface area (Å²) in [5, 5.41) is 14.0. The van der Waals surface area contributed by atoms with E-state index >= 15 is 0 Å². The Morgan fingerprint density at radius 2 is 1.76 bits per heavy atom. The first-order chi connectivity index (χ1) is 22.0. The third-order valence-corrected chi connectivity index (χ3v) is 8.38. The minimum absolute atomic E-state index is 0.0119. The van der Waals surface area contributed by atoms with Crippen molar-refractivity contribution in [1.82, 2.24) is 45.9 Å². The Bertz CT molecular complexity index is 1610. The number of nitrogens with one attached hydrogen (secondary N) is 5. The highest BCUT2D eigenvalue weighted by Crippen LogP contribution is 2.37. The van der Waals surface area contributed by atoms with Gasteiger partial charge in [0, 0.05) is 45.7 Å². The van der Waals surface area contributed by atoms with E-state index in [2.05, 4.69) is 36.1 Å². The molecule has 0 aliphatic carbocycles. The first-order valence-electron chi connectivity index (χ1n) is 14.7. The first kappa shape index (κ1) is 32.9. The molecule has 0 radical (unpaired) electrons. The van der Waals surface area contributed by atoms with Crippen LogP contribution in [0.25, 0.3) is 11.3 Å². The standard InChI is InChI=1S/C29H33ClF3N9O4/c1-34-22(43)13-20-23(24(40-39-20)29(31,32)33)21-15-36-25(38-21)26(44)37-14-16-2-3-18(19(30)12-16)28(46)42-10-8-41(9-11-42)27(45)17-4-6-35-7-5-17/h2-3,12,15,17,35H,4-11,13-14H2,1H3,(H,34,43)(H,36,38)(H,37,44)(H,39,40). The quantitative estimate of drug-likeness (QED) is 0.246. The molecule has 2 fully saturated rings. The molecule has 1 aromatic carbocycles. The van der Waals surface area contributed by atoms with Crippen LogP contribution >= 0.6 is 11.6 Å². The third-order valence-electron chi connectivity index (χ3n) is 8.07. The van der Waals surface area contributed by atoms with Gasteiger partial charge in [-0.2, -0.15) is 18.3 Å². The molecule has 3 aromatic rings. The van der Waals surface area contributed by atoms with E-state index in [4.69, 9.17) is 11.6 Å². The molecule has 5 rings (SSSR count). The van der Waals surface area contributed by atoms with Crippen LogP contribution in [0.1, 0.15) is 50.8 Å². The molecular formula is C29H33ClF3N9O4. The number of hydrogen-bond acceptors (Lipinski definition) is 7. The Morgan fingerprint density at radius 1 is 1.07 bits per heavy atom. The summed E-state index contributed by atoms with van der Waals surface area (Å²) >= 11 is 6.45. The topological polar surface area (TPSA) is 168 Å². The lowest BCUT2D eigenvalue weighted by Crippen LogP contribution is -2.52. The predicted molar refractivity (Wildman–Crippen MR) is 160 cm³/mol. The molecule has 0 bridgehead atoms. The summed E-state index contributed by atoms with van der Waals surface area (Å²) in [5.74, 6) is -1.60. The smallest absolute Gasteiger partial charge is 0.359 e. The lowest BCUT2D eigenvalue weighted by atomic mass is 9.96. The molecule has 0 atom stereocenters. The van der Waals surface area contributed by atoms with Crippen molar-refractivity contribution in [2.75, 3.05) is 46.3 Å². The zero-order chi connectivity index (χ0) is 33.0. The predicted octanol–water partition coefficient (Wildman–Crippen LogP) is 1.97. The summed E-state index contributed by atoms with van der Waals surface area (Å²) in [5.41, 5.74) is -1.05. The number of likely N-dealkylation sites (N-methyl/N-ethyl adjacent to an activating group) is 1. The molecular weight excluding hydrogens is 631 g/mol. The normalized spacial score (nSPS) is 15.9. The molecule has 4 heterocycles. The van der Waals surface area contributed by atoms with E-state index in [0.717, 1.165) is 32.1 Å². The fourth-order valence-electron chi connectivity index (χ4n) is 5.55. The van der Waals surface area contributed by atoms with E-state index in [1.807, 2.05) is 4.90 Å². The second-order valence-electron chi connectivity index (χ2n) is 11.1. The largest absolute Gasteiger partial charge is 0.435 e. The van der Waals surface area contributed by atoms with Crippen molar-refractivity contribution in [3.63, 3.8) is 0 Å². The highest BCUT2D eigenvalue weighted by Gasteiger charge is 2.39. The van der Waals surface area contributed by atoms with E-state index in [9.17, 15) is 32.3 Å². The highest BCUT2D eigenvalue weighted by atomic mass is 35.5. The lowest BCUT2D eigenvalue weighted by molar-refractivity contribution is -0.140. The SMILES string of the molecule is CNC(=O)Cc1[nH]nc(C(F)(F)F)c1-c1cnc(C(=O)NCc2ccc(C(=O)N3CCN(C(=O)C4CCNCC4)CC3)c(Cl)c2)[nH]1. The van der Waals surface area contributed by atoms with E-state index in [-0.39, 0.29) is 46.5 Å². The Hall–Kier alpha value is -4.44. The number of piperazine rings is 1. The van der Waals surface area contributed by atoms with Crippen molar-refractivity contribution in [1.29, 1.82) is 0 Å². The van der Waals surface area contributed by atoms with Crippen molar-refractivity contribution in [3.05, 3.63) is 57.8 Å². The molecule has 17 heteroatoms. The van der Waals surface area contributed by atoms with Gasteiger partial charge in [0.1, 0.15) is 0 Å². The number of carbonyl (C=O) groups excluding carboxylic acids is 4. The van der Waals surface area contributed by atoms with E-state index in [1.165, 1.54) is 7.05 Å². The minimum Gasteiger partial charge on any atom is -0.359 e. The zero-order valence-corrected chi connectivity index (χ0v) is 25.6. The van der Waals surface area contributed by atoms with Gasteiger partial charge < -0.3 is 30.7 Å². The number of aromatic amines is 2. The second kappa shape index (κ2) is 13.9. The maximum Gasteiger partial charge on any atom is 0.435 e. The number of carbonyl (C=O) groups is 4. The van der Waals surface area contributed by atoms with Crippen LogP contribution in [0.5, 0.6) is 0 Å². The van der Waals surface area contributed by atoms with Gasteiger partial charge in [-0.3, -0.25) is 24.3 Å². The zero-order valence-electron chi connectivity index (χ0n) is 24.9. The number of alkyl halides is 3. The van der Waals surface area contributed by atoms with Crippen LogP contribution in [0, 0.1) is 5.92 Å². The molecule has 2 aliphatic heterocycles. The van der Waals surface area contributed by atoms with Crippen molar-refractivity contribution < 1.29 is 32.3 Å². The molecule has 2 aromatic heterocycles. The van der Waals surface area contributed by atoms with Gasteiger partial charge in [0.15, 0.2) is 11.5 Å². The molecule has 246 valence electrons. The van der Waals surface area contributed by atoms with Crippen LogP contribution < -0.4 is 16.0 Å². The number of H-pyrrole nitrogens is 2. The molecule has 2 saturated heterocycles. The summed E-state index contributed by atoms with van der Waals surface area (Å²) in [4.78, 5) is 60.6. The average molecular weight is 664 g/mol. The number of piperidine rings is 1. The van der Waals surface area contributed by atoms with Gasteiger partial charge in [-0.1, -0.05) is 17.7 Å². The average Bonchev–Trinajstić information content (AvgIpc) is 3.71. The molecule has 5 N–H and O–H groups in total. The summed E-state index contributed by atoms with van der Waals surface area (Å²) in [6.07, 6.45) is -2.53. The Labute approximate surface area is 266 Å². The van der Waals surface area contributed by atoms with Crippen molar-refractivity contribution in [2.45, 2.75) is 32.0 Å². The molecule has 2 aliphatic rings. The second-order valence-corrected chi connectivity index (χ2v) is 11.5. The van der Waals surface area contributed by atoms with Crippen LogP contribution in [0.2, 0.25) is 5.02 Å². The van der Waals surface area contributed by atoms with E-state index in [0.29, 0.717) is 37.3 Å². The van der Waals surface area contributed by atoms with Crippen molar-refractivity contribution >= 4 is 35.2 Å². The third kappa shape index (κ3) is 7.33. The van der Waals surface area contributed by atoms with Crippen LogP contribution in [0.15, 0.2) is 24.4 Å². The fourth-order valence-corrected chi connectivity index (χ4v) is 5.83. The lowest BCUT2D eigenvalue weighted by Gasteiger charge is -2.37. The van der Waals surface area contributed by atoms with Gasteiger partial charge in [0.2, 0.25) is 11.8 Å². The van der Waals surface area contributed by atoms with Gasteiger partial charge in [0.05, 0.1) is 40.2 Å². The Morgan fingerprint density at radius 3 is 2.41 bits per heavy atom. The molecule has 13 nitrogen and oxygen atoms in total. The van der Waals surface area contributed by atoms with Crippen molar-refractivity contribution in [2.24, 2.45) is 5.92 Å². The van der Waals surface area contributed by atoms with E-state index < -0.39 is 35.7 Å². The van der Waals surface area contributed by atoms with Crippen LogP contribution in [-0.4, -0.2) is 99.9 Å². The van der Waals surface area contributed by atoms with Gasteiger partial charge in [-0.05, 0) is 43.6 Å². The van der Waals surface area contributed by atoms with Gasteiger partial charge in [-0.15, -0.1) is 0 Å². The maximum absolute atomic E-state index is 13.6. The number of amides is 4. The summed E-state index contributed by atoms with van der Waals surface area (Å²) in [6, 6.07) is 4.75. The number of imidazole rings is 1. The monoisotopic (exact) mass is 663 g/mol. The van der Waals surface area contributed by atoms with Gasteiger partial charge in [-0.25, -0.2) is 4.98 Å².